The summed E-state index contributed by atoms with van der Waals surface area (Å²) in [5, 5.41) is 8.69. The first-order valence-electron chi connectivity index (χ1n) is 4.28. The fraction of sp³-hybridized carbons (Fsp3) is 0.111. The molecule has 17 heavy (non-hydrogen) atoms. The quantitative estimate of drug-likeness (QED) is 0.787. The fourth-order valence-corrected chi connectivity index (χ4v) is 1.36. The zero-order valence-electron chi connectivity index (χ0n) is 7.99. The summed E-state index contributed by atoms with van der Waals surface area (Å²) in [5.74, 6) is -2.72. The first-order valence-corrected chi connectivity index (χ1v) is 4.28. The third-order valence-electron chi connectivity index (χ3n) is 2.11. The number of rotatable bonds is 1. The minimum atomic E-state index is -4.75. The number of imidazole rings is 1. The molecule has 0 aromatic carbocycles. The SMILES string of the molecule is O=C(O)c1cnc2c(F)cc(C(F)(F)F)cn12. The molecule has 0 aliphatic rings. The molecule has 0 aliphatic heterocycles. The van der Waals surface area contributed by atoms with E-state index in [1.165, 1.54) is 0 Å². The minimum Gasteiger partial charge on any atom is -0.477 e. The van der Waals surface area contributed by atoms with E-state index in [1.807, 2.05) is 0 Å². The molecule has 0 saturated heterocycles. The predicted octanol–water partition coefficient (Wildman–Crippen LogP) is 2.19. The van der Waals surface area contributed by atoms with Crippen LogP contribution in [0.5, 0.6) is 0 Å². The Kier molecular flexibility index (Phi) is 2.30. The number of carboxylic acids is 1. The van der Waals surface area contributed by atoms with Gasteiger partial charge in [-0.1, -0.05) is 0 Å². The number of hydrogen-bond donors (Lipinski definition) is 1. The zero-order valence-corrected chi connectivity index (χ0v) is 7.99. The Bertz CT molecular complexity index is 603. The molecule has 0 spiro atoms. The Morgan fingerprint density at radius 2 is 2.06 bits per heavy atom. The summed E-state index contributed by atoms with van der Waals surface area (Å²) >= 11 is 0. The number of hydrogen-bond acceptors (Lipinski definition) is 2. The maximum absolute atomic E-state index is 13.3. The van der Waals surface area contributed by atoms with Crippen molar-refractivity contribution >= 4 is 11.6 Å². The number of nitrogens with zero attached hydrogens (tertiary/aromatic N) is 2. The Balaban J connectivity index is 2.78. The number of aromatic carboxylic acids is 1. The highest BCUT2D eigenvalue weighted by Crippen LogP contribution is 2.30. The van der Waals surface area contributed by atoms with Crippen LogP contribution >= 0.6 is 0 Å². The van der Waals surface area contributed by atoms with Gasteiger partial charge in [0.05, 0.1) is 11.8 Å². The van der Waals surface area contributed by atoms with Gasteiger partial charge in [0, 0.05) is 6.20 Å². The minimum absolute atomic E-state index is 0.272. The summed E-state index contributed by atoms with van der Waals surface area (Å²) in [6.45, 7) is 0. The van der Waals surface area contributed by atoms with E-state index in [2.05, 4.69) is 4.98 Å². The summed E-state index contributed by atoms with van der Waals surface area (Å²) in [7, 11) is 0. The molecule has 0 atom stereocenters. The number of pyridine rings is 1. The van der Waals surface area contributed by atoms with E-state index < -0.39 is 34.9 Å². The molecule has 0 aliphatic carbocycles. The van der Waals surface area contributed by atoms with E-state index in [9.17, 15) is 22.4 Å². The fourth-order valence-electron chi connectivity index (χ4n) is 1.36. The van der Waals surface area contributed by atoms with Gasteiger partial charge in [0.25, 0.3) is 0 Å². The highest BCUT2D eigenvalue weighted by Gasteiger charge is 2.32. The lowest BCUT2D eigenvalue weighted by Gasteiger charge is -2.08. The largest absolute Gasteiger partial charge is 0.477 e. The molecule has 2 aromatic rings. The zero-order chi connectivity index (χ0) is 12.8. The van der Waals surface area contributed by atoms with Crippen LogP contribution < -0.4 is 0 Å². The average Bonchev–Trinajstić information content (AvgIpc) is 2.60. The number of aromatic nitrogens is 2. The Hall–Kier alpha value is -2.12. The van der Waals surface area contributed by atoms with Crippen LogP contribution in [0.3, 0.4) is 0 Å². The van der Waals surface area contributed by atoms with Crippen LogP contribution in [0.15, 0.2) is 18.5 Å². The molecule has 4 nitrogen and oxygen atoms in total. The lowest BCUT2D eigenvalue weighted by atomic mass is 10.2. The van der Waals surface area contributed by atoms with Gasteiger partial charge in [-0.25, -0.2) is 14.2 Å². The maximum Gasteiger partial charge on any atom is 0.417 e. The van der Waals surface area contributed by atoms with E-state index in [-0.39, 0.29) is 6.07 Å². The van der Waals surface area contributed by atoms with Crippen molar-refractivity contribution in [2.45, 2.75) is 6.18 Å². The number of alkyl halides is 3. The van der Waals surface area contributed by atoms with Gasteiger partial charge in [0.1, 0.15) is 0 Å². The van der Waals surface area contributed by atoms with Gasteiger partial charge in [-0.3, -0.25) is 4.40 Å². The summed E-state index contributed by atoms with van der Waals surface area (Å²) in [6, 6.07) is 0.272. The van der Waals surface area contributed by atoms with Crippen LogP contribution in [-0.2, 0) is 6.18 Å². The standard InChI is InChI=1S/C9H4F4N2O2/c10-5-1-4(9(11,12)13)3-15-6(8(16)17)2-14-7(5)15/h1-3H,(H,16,17). The molecule has 2 heterocycles. The van der Waals surface area contributed by atoms with Crippen molar-refractivity contribution in [3.05, 3.63) is 35.5 Å². The van der Waals surface area contributed by atoms with Crippen LogP contribution in [0, 0.1) is 5.82 Å². The van der Waals surface area contributed by atoms with Crippen LogP contribution in [0.1, 0.15) is 16.1 Å². The van der Waals surface area contributed by atoms with Gasteiger partial charge in [0.15, 0.2) is 17.2 Å². The molecule has 1 N–H and O–H groups in total. The second kappa shape index (κ2) is 3.44. The van der Waals surface area contributed by atoms with Crippen molar-refractivity contribution in [3.63, 3.8) is 0 Å². The topological polar surface area (TPSA) is 54.6 Å². The first-order chi connectivity index (χ1) is 7.80. The van der Waals surface area contributed by atoms with Gasteiger partial charge >= 0.3 is 12.1 Å². The molecule has 90 valence electrons. The second-order valence-corrected chi connectivity index (χ2v) is 3.22. The molecule has 2 rings (SSSR count). The molecule has 0 unspecified atom stereocenters. The van der Waals surface area contributed by atoms with Crippen molar-refractivity contribution in [3.8, 4) is 0 Å². The highest BCUT2D eigenvalue weighted by molar-refractivity contribution is 5.86. The third kappa shape index (κ3) is 1.81. The van der Waals surface area contributed by atoms with Gasteiger partial charge < -0.3 is 5.11 Å². The van der Waals surface area contributed by atoms with E-state index in [0.29, 0.717) is 10.6 Å². The van der Waals surface area contributed by atoms with Crippen molar-refractivity contribution in [1.29, 1.82) is 0 Å². The van der Waals surface area contributed by atoms with Gasteiger partial charge in [-0.15, -0.1) is 0 Å². The molecular weight excluding hydrogens is 244 g/mol. The van der Waals surface area contributed by atoms with Crippen LogP contribution in [-0.4, -0.2) is 20.5 Å². The normalized spacial score (nSPS) is 12.0. The first kappa shape index (κ1) is 11.4. The summed E-state index contributed by atoms with van der Waals surface area (Å²) in [6.07, 6.45) is -3.47. The van der Waals surface area contributed by atoms with E-state index in [0.717, 1.165) is 6.20 Å². The molecule has 8 heteroatoms. The van der Waals surface area contributed by atoms with Crippen molar-refractivity contribution in [1.82, 2.24) is 9.38 Å². The second-order valence-electron chi connectivity index (χ2n) is 3.22. The van der Waals surface area contributed by atoms with Crippen LogP contribution in [0.2, 0.25) is 0 Å². The molecule has 0 amide bonds. The van der Waals surface area contributed by atoms with Crippen molar-refractivity contribution < 1.29 is 27.5 Å². The van der Waals surface area contributed by atoms with Gasteiger partial charge in [-0.05, 0) is 6.07 Å². The number of fused-ring (bicyclic) bond motifs is 1. The van der Waals surface area contributed by atoms with Crippen molar-refractivity contribution in [2.24, 2.45) is 0 Å². The molecule has 0 fully saturated rings. The Morgan fingerprint density at radius 3 is 2.59 bits per heavy atom. The number of halogens is 4. The van der Waals surface area contributed by atoms with Crippen LogP contribution in [0.4, 0.5) is 17.6 Å². The maximum atomic E-state index is 13.3. The van der Waals surface area contributed by atoms with Crippen LogP contribution in [0.25, 0.3) is 5.65 Å². The Morgan fingerprint density at radius 1 is 1.41 bits per heavy atom. The van der Waals surface area contributed by atoms with Crippen molar-refractivity contribution in [2.75, 3.05) is 0 Å². The molecule has 2 aromatic heterocycles. The summed E-state index contributed by atoms with van der Waals surface area (Å²) in [5.41, 5.74) is -2.27. The van der Waals surface area contributed by atoms with E-state index in [1.54, 1.807) is 0 Å². The summed E-state index contributed by atoms with van der Waals surface area (Å²) < 4.78 is 51.0. The highest BCUT2D eigenvalue weighted by atomic mass is 19.4. The lowest BCUT2D eigenvalue weighted by Crippen LogP contribution is -2.10. The Labute approximate surface area is 91.1 Å². The van der Waals surface area contributed by atoms with Gasteiger partial charge in [0.2, 0.25) is 0 Å². The molecular formula is C9H4F4N2O2. The molecule has 0 radical (unpaired) electrons. The average molecular weight is 248 g/mol. The van der Waals surface area contributed by atoms with E-state index >= 15 is 0 Å². The summed E-state index contributed by atoms with van der Waals surface area (Å²) in [4.78, 5) is 14.1. The van der Waals surface area contributed by atoms with Gasteiger partial charge in [-0.2, -0.15) is 13.2 Å². The molecule has 0 saturated carbocycles. The molecule has 0 bridgehead atoms. The smallest absolute Gasteiger partial charge is 0.417 e. The monoisotopic (exact) mass is 248 g/mol. The lowest BCUT2D eigenvalue weighted by molar-refractivity contribution is -0.138. The van der Waals surface area contributed by atoms with E-state index in [4.69, 9.17) is 5.11 Å². The number of carboxylic acid groups (broad SMARTS) is 1. The number of carbonyl (C=O) groups is 1. The predicted molar refractivity (Wildman–Crippen MR) is 47.1 cm³/mol. The third-order valence-corrected chi connectivity index (χ3v) is 2.11.